The van der Waals surface area contributed by atoms with E-state index in [1.54, 1.807) is 37.4 Å². The standard InChI is InChI=1S/C18H16BrFN4O3/c1-26-11-4-5-12(15(9-11)27-2)17-22-18(24-23-17)21-16(25)8-10-3-6-14(20)13(19)7-10/h3-7,9H,8H2,1-2H3,(H2,21,22,23,24,25). The number of hydrogen-bond donors (Lipinski definition) is 2. The van der Waals surface area contributed by atoms with Gasteiger partial charge in [-0.3, -0.25) is 15.2 Å². The molecule has 0 aliphatic heterocycles. The van der Waals surface area contributed by atoms with Gasteiger partial charge >= 0.3 is 0 Å². The van der Waals surface area contributed by atoms with Crippen LogP contribution in [0.3, 0.4) is 0 Å². The molecule has 0 fully saturated rings. The van der Waals surface area contributed by atoms with Crippen molar-refractivity contribution in [3.05, 3.63) is 52.3 Å². The molecule has 0 bridgehead atoms. The summed E-state index contributed by atoms with van der Waals surface area (Å²) in [6, 6.07) is 9.67. The fourth-order valence-electron chi connectivity index (χ4n) is 2.44. The Bertz CT molecular complexity index is 977. The van der Waals surface area contributed by atoms with Crippen LogP contribution < -0.4 is 14.8 Å². The number of amides is 1. The molecule has 0 spiro atoms. The molecule has 140 valence electrons. The van der Waals surface area contributed by atoms with E-state index in [1.165, 1.54) is 13.2 Å². The van der Waals surface area contributed by atoms with E-state index in [9.17, 15) is 9.18 Å². The van der Waals surface area contributed by atoms with Crippen molar-refractivity contribution in [3.8, 4) is 22.9 Å². The largest absolute Gasteiger partial charge is 0.497 e. The van der Waals surface area contributed by atoms with Crippen molar-refractivity contribution < 1.29 is 18.7 Å². The van der Waals surface area contributed by atoms with E-state index < -0.39 is 0 Å². The lowest BCUT2D eigenvalue weighted by molar-refractivity contribution is -0.115. The molecule has 0 aliphatic rings. The quantitative estimate of drug-likeness (QED) is 0.618. The zero-order chi connectivity index (χ0) is 19.4. The van der Waals surface area contributed by atoms with Gasteiger partial charge in [0.1, 0.15) is 17.3 Å². The summed E-state index contributed by atoms with van der Waals surface area (Å²) in [5, 5.41) is 9.37. The van der Waals surface area contributed by atoms with E-state index in [0.29, 0.717) is 32.9 Å². The highest BCUT2D eigenvalue weighted by Crippen LogP contribution is 2.31. The van der Waals surface area contributed by atoms with Gasteiger partial charge in [-0.15, -0.1) is 5.10 Å². The van der Waals surface area contributed by atoms with Crippen LogP contribution in [-0.2, 0) is 11.2 Å². The van der Waals surface area contributed by atoms with Crippen LogP contribution in [0.15, 0.2) is 40.9 Å². The molecule has 0 atom stereocenters. The Morgan fingerprint density at radius 1 is 1.22 bits per heavy atom. The van der Waals surface area contributed by atoms with Crippen LogP contribution in [0, 0.1) is 5.82 Å². The molecular weight excluding hydrogens is 419 g/mol. The molecule has 3 aromatic rings. The van der Waals surface area contributed by atoms with Crippen LogP contribution in [0.4, 0.5) is 10.3 Å². The van der Waals surface area contributed by atoms with Gasteiger partial charge in [-0.05, 0) is 45.8 Å². The maximum absolute atomic E-state index is 13.3. The highest BCUT2D eigenvalue weighted by molar-refractivity contribution is 9.10. The molecular formula is C18H16BrFN4O3. The lowest BCUT2D eigenvalue weighted by Crippen LogP contribution is -2.15. The molecule has 1 heterocycles. The van der Waals surface area contributed by atoms with Gasteiger partial charge in [-0.25, -0.2) is 4.39 Å². The highest BCUT2D eigenvalue weighted by Gasteiger charge is 2.14. The van der Waals surface area contributed by atoms with E-state index in [-0.39, 0.29) is 24.1 Å². The fourth-order valence-corrected chi connectivity index (χ4v) is 2.86. The van der Waals surface area contributed by atoms with E-state index in [0.717, 1.165) is 0 Å². The minimum Gasteiger partial charge on any atom is -0.497 e. The van der Waals surface area contributed by atoms with Crippen molar-refractivity contribution in [3.63, 3.8) is 0 Å². The Morgan fingerprint density at radius 3 is 2.74 bits per heavy atom. The molecule has 3 rings (SSSR count). The van der Waals surface area contributed by atoms with Gasteiger partial charge < -0.3 is 9.47 Å². The van der Waals surface area contributed by atoms with E-state index in [2.05, 4.69) is 36.4 Å². The van der Waals surface area contributed by atoms with E-state index in [1.807, 2.05) is 0 Å². The first kappa shape index (κ1) is 18.8. The normalized spacial score (nSPS) is 10.5. The van der Waals surface area contributed by atoms with Gasteiger partial charge in [0.05, 0.1) is 30.7 Å². The number of nitrogens with one attached hydrogen (secondary N) is 2. The molecule has 1 aromatic heterocycles. The van der Waals surface area contributed by atoms with Gasteiger partial charge in [-0.1, -0.05) is 6.07 Å². The average molecular weight is 435 g/mol. The van der Waals surface area contributed by atoms with E-state index in [4.69, 9.17) is 9.47 Å². The van der Waals surface area contributed by atoms with Crippen molar-refractivity contribution >= 4 is 27.8 Å². The number of ether oxygens (including phenoxy) is 2. The van der Waals surface area contributed by atoms with Crippen molar-refractivity contribution in [2.45, 2.75) is 6.42 Å². The average Bonchev–Trinajstić information content (AvgIpc) is 3.12. The Kier molecular flexibility index (Phi) is 5.70. The van der Waals surface area contributed by atoms with Crippen molar-refractivity contribution in [1.29, 1.82) is 0 Å². The maximum Gasteiger partial charge on any atom is 0.249 e. The Labute approximate surface area is 163 Å². The summed E-state index contributed by atoms with van der Waals surface area (Å²) in [6.45, 7) is 0. The first-order valence-electron chi connectivity index (χ1n) is 7.88. The van der Waals surface area contributed by atoms with Crippen molar-refractivity contribution in [2.24, 2.45) is 0 Å². The lowest BCUT2D eigenvalue weighted by Gasteiger charge is -2.07. The number of hydrogen-bond acceptors (Lipinski definition) is 5. The van der Waals surface area contributed by atoms with Crippen molar-refractivity contribution in [1.82, 2.24) is 15.2 Å². The number of aromatic amines is 1. The number of aromatic nitrogens is 3. The highest BCUT2D eigenvalue weighted by atomic mass is 79.9. The number of methoxy groups -OCH3 is 2. The number of carbonyl (C=O) groups excluding carboxylic acids is 1. The summed E-state index contributed by atoms with van der Waals surface area (Å²) in [7, 11) is 3.11. The number of nitrogens with zero attached hydrogens (tertiary/aromatic N) is 2. The van der Waals surface area contributed by atoms with Gasteiger partial charge in [0.15, 0.2) is 5.82 Å². The second kappa shape index (κ2) is 8.17. The number of benzene rings is 2. The van der Waals surface area contributed by atoms with Crippen LogP contribution in [0.2, 0.25) is 0 Å². The minimum absolute atomic E-state index is 0.0641. The smallest absolute Gasteiger partial charge is 0.249 e. The number of rotatable bonds is 6. The Hall–Kier alpha value is -2.94. The summed E-state index contributed by atoms with van der Waals surface area (Å²) in [6.07, 6.45) is 0.0641. The summed E-state index contributed by atoms with van der Waals surface area (Å²) < 4.78 is 24.1. The monoisotopic (exact) mass is 434 g/mol. The molecule has 9 heteroatoms. The van der Waals surface area contributed by atoms with Crippen LogP contribution >= 0.6 is 15.9 Å². The molecule has 2 N–H and O–H groups in total. The summed E-state index contributed by atoms with van der Waals surface area (Å²) in [5.41, 5.74) is 1.34. The summed E-state index contributed by atoms with van der Waals surface area (Å²) in [4.78, 5) is 16.4. The van der Waals surface area contributed by atoms with Crippen LogP contribution in [-0.4, -0.2) is 35.3 Å². The van der Waals surface area contributed by atoms with Gasteiger partial charge in [0, 0.05) is 6.07 Å². The second-order valence-electron chi connectivity index (χ2n) is 5.55. The third-order valence-corrected chi connectivity index (χ3v) is 4.36. The Morgan fingerprint density at radius 2 is 2.04 bits per heavy atom. The third kappa shape index (κ3) is 4.43. The number of carbonyl (C=O) groups is 1. The second-order valence-corrected chi connectivity index (χ2v) is 6.40. The fraction of sp³-hybridized carbons (Fsp3) is 0.167. The molecule has 0 aliphatic carbocycles. The number of H-pyrrole nitrogens is 1. The third-order valence-electron chi connectivity index (χ3n) is 3.75. The van der Waals surface area contributed by atoms with Crippen LogP contribution in [0.5, 0.6) is 11.5 Å². The van der Waals surface area contributed by atoms with Crippen molar-refractivity contribution in [2.75, 3.05) is 19.5 Å². The molecule has 27 heavy (non-hydrogen) atoms. The van der Waals surface area contributed by atoms with E-state index >= 15 is 0 Å². The predicted molar refractivity (Wildman–Crippen MR) is 101 cm³/mol. The maximum atomic E-state index is 13.3. The van der Waals surface area contributed by atoms with Gasteiger partial charge in [-0.2, -0.15) is 4.98 Å². The predicted octanol–water partition coefficient (Wildman–Crippen LogP) is 3.57. The molecule has 0 radical (unpaired) electrons. The first-order chi connectivity index (χ1) is 13.0. The zero-order valence-electron chi connectivity index (χ0n) is 14.5. The molecule has 0 saturated heterocycles. The summed E-state index contributed by atoms with van der Waals surface area (Å²) in [5.74, 6) is 1.07. The van der Waals surface area contributed by atoms with Gasteiger partial charge in [0.25, 0.3) is 0 Å². The minimum atomic E-state index is -0.383. The number of halogens is 2. The topological polar surface area (TPSA) is 89.1 Å². The molecule has 0 saturated carbocycles. The Balaban J connectivity index is 1.72. The number of anilines is 1. The van der Waals surface area contributed by atoms with Gasteiger partial charge in [0.2, 0.25) is 11.9 Å². The molecule has 0 unspecified atom stereocenters. The van der Waals surface area contributed by atoms with Crippen LogP contribution in [0.25, 0.3) is 11.4 Å². The summed E-state index contributed by atoms with van der Waals surface area (Å²) >= 11 is 3.10. The molecule has 7 nitrogen and oxygen atoms in total. The lowest BCUT2D eigenvalue weighted by atomic mass is 10.1. The molecule has 1 amide bonds. The zero-order valence-corrected chi connectivity index (χ0v) is 16.1. The SMILES string of the molecule is COc1ccc(-c2nc(NC(=O)Cc3ccc(F)c(Br)c3)n[nH]2)c(OC)c1. The molecule has 2 aromatic carbocycles. The van der Waals surface area contributed by atoms with Crippen LogP contribution in [0.1, 0.15) is 5.56 Å². The first-order valence-corrected chi connectivity index (χ1v) is 8.68.